The summed E-state index contributed by atoms with van der Waals surface area (Å²) in [7, 11) is 3.98. The number of carbonyl (C=O) groups excluding carboxylic acids is 1. The van der Waals surface area contributed by atoms with Gasteiger partial charge < -0.3 is 19.9 Å². The Kier molecular flexibility index (Phi) is 6.97. The number of aryl methyl sites for hydroxylation is 1. The van der Waals surface area contributed by atoms with Crippen LogP contribution in [0.15, 0.2) is 55.1 Å². The van der Waals surface area contributed by atoms with Crippen molar-refractivity contribution in [2.45, 2.75) is 26.8 Å². The minimum absolute atomic E-state index is 0.130. The first-order valence-electron chi connectivity index (χ1n) is 11.6. The monoisotopic (exact) mass is 472 g/mol. The molecule has 0 aliphatic heterocycles. The van der Waals surface area contributed by atoms with Crippen LogP contribution in [-0.4, -0.2) is 67.5 Å². The summed E-state index contributed by atoms with van der Waals surface area (Å²) in [5.74, 6) is 0.428. The van der Waals surface area contributed by atoms with Gasteiger partial charge >= 0.3 is 0 Å². The van der Waals surface area contributed by atoms with E-state index in [2.05, 4.69) is 39.5 Å². The SMILES string of the molecule is C/C=C(\C=C/N(C=O)CCN(C)C)c1c(C(C)n2nc(C)c3c(N)ncnc32)cc2ccccn12. The second-order valence-electron chi connectivity index (χ2n) is 8.81. The highest BCUT2D eigenvalue weighted by molar-refractivity contribution is 5.88. The number of rotatable bonds is 9. The van der Waals surface area contributed by atoms with Crippen molar-refractivity contribution in [3.05, 3.63) is 72.1 Å². The third-order valence-electron chi connectivity index (χ3n) is 6.19. The standard InChI is InChI=1S/C26H32N8O/c1-6-20(10-12-32(17-35)14-13-31(4)5)24-22(15-21-9-7-8-11-33(21)24)19(3)34-26-23(18(2)30-34)25(27)28-16-29-26/h6-12,15-17,19H,13-14H2,1-5H3,(H2,27,28,29)/b12-10-,20-6+. The van der Waals surface area contributed by atoms with Gasteiger partial charge in [-0.25, -0.2) is 14.6 Å². The van der Waals surface area contributed by atoms with Crippen LogP contribution in [0.3, 0.4) is 0 Å². The van der Waals surface area contributed by atoms with Crippen LogP contribution < -0.4 is 5.73 Å². The van der Waals surface area contributed by atoms with Crippen molar-refractivity contribution in [2.24, 2.45) is 0 Å². The number of aromatic nitrogens is 5. The minimum atomic E-state index is -0.130. The summed E-state index contributed by atoms with van der Waals surface area (Å²) in [5.41, 5.74) is 11.8. The molecule has 9 heteroatoms. The Morgan fingerprint density at radius 2 is 2.03 bits per heavy atom. The van der Waals surface area contributed by atoms with Crippen LogP contribution >= 0.6 is 0 Å². The van der Waals surface area contributed by atoms with Gasteiger partial charge in [-0.1, -0.05) is 12.1 Å². The third kappa shape index (κ3) is 4.67. The van der Waals surface area contributed by atoms with Crippen LogP contribution in [0, 0.1) is 6.92 Å². The summed E-state index contributed by atoms with van der Waals surface area (Å²) in [4.78, 5) is 24.0. The molecule has 182 valence electrons. The number of amides is 1. The molecule has 0 radical (unpaired) electrons. The van der Waals surface area contributed by atoms with Crippen molar-refractivity contribution < 1.29 is 4.79 Å². The Morgan fingerprint density at radius 1 is 1.23 bits per heavy atom. The lowest BCUT2D eigenvalue weighted by molar-refractivity contribution is -0.116. The van der Waals surface area contributed by atoms with Crippen molar-refractivity contribution in [1.82, 2.24) is 33.9 Å². The molecule has 0 bridgehead atoms. The number of nitrogens with two attached hydrogens (primary N) is 1. The van der Waals surface area contributed by atoms with Gasteiger partial charge in [0.25, 0.3) is 0 Å². The average molecular weight is 473 g/mol. The van der Waals surface area contributed by atoms with E-state index in [0.29, 0.717) is 18.0 Å². The van der Waals surface area contributed by atoms with E-state index >= 15 is 0 Å². The first-order valence-corrected chi connectivity index (χ1v) is 11.6. The maximum Gasteiger partial charge on any atom is 0.213 e. The normalized spacial score (nSPS) is 13.4. The van der Waals surface area contributed by atoms with Gasteiger partial charge in [0.15, 0.2) is 5.65 Å². The molecule has 1 amide bonds. The molecule has 2 N–H and O–H groups in total. The van der Waals surface area contributed by atoms with Crippen molar-refractivity contribution >= 4 is 34.4 Å². The molecule has 4 aromatic heterocycles. The smallest absolute Gasteiger partial charge is 0.213 e. The van der Waals surface area contributed by atoms with Gasteiger partial charge in [0, 0.05) is 36.6 Å². The summed E-state index contributed by atoms with van der Waals surface area (Å²) in [6.07, 6.45) is 10.3. The molecule has 0 saturated heterocycles. The Morgan fingerprint density at radius 3 is 2.74 bits per heavy atom. The largest absolute Gasteiger partial charge is 0.383 e. The molecule has 0 aromatic carbocycles. The Labute approximate surface area is 205 Å². The topological polar surface area (TPSA) is 97.6 Å². The molecule has 4 aromatic rings. The fourth-order valence-electron chi connectivity index (χ4n) is 4.31. The fraction of sp³-hybridized carbons (Fsp3) is 0.308. The van der Waals surface area contributed by atoms with Crippen molar-refractivity contribution in [1.29, 1.82) is 0 Å². The summed E-state index contributed by atoms with van der Waals surface area (Å²) in [6.45, 7) is 7.42. The van der Waals surface area contributed by atoms with E-state index in [1.807, 2.05) is 68.1 Å². The quantitative estimate of drug-likeness (QED) is 0.296. The zero-order valence-electron chi connectivity index (χ0n) is 20.9. The first kappa shape index (κ1) is 24.2. The number of nitrogens with zero attached hydrogens (tertiary/aromatic N) is 7. The number of carbonyl (C=O) groups is 1. The van der Waals surface area contributed by atoms with Crippen LogP contribution in [0.4, 0.5) is 5.82 Å². The number of likely N-dealkylation sites (N-methyl/N-ethyl adjacent to an activating group) is 1. The van der Waals surface area contributed by atoms with Gasteiger partial charge in [-0.2, -0.15) is 5.10 Å². The number of pyridine rings is 1. The van der Waals surface area contributed by atoms with E-state index < -0.39 is 0 Å². The summed E-state index contributed by atoms with van der Waals surface area (Å²) in [5, 5.41) is 5.56. The van der Waals surface area contributed by atoms with Gasteiger partial charge in [0.1, 0.15) is 12.1 Å². The molecule has 4 heterocycles. The molecule has 9 nitrogen and oxygen atoms in total. The molecule has 0 fully saturated rings. The Hall–Kier alpha value is -3.98. The van der Waals surface area contributed by atoms with Gasteiger partial charge in [0.2, 0.25) is 6.41 Å². The predicted molar refractivity (Wildman–Crippen MR) is 140 cm³/mol. The molecule has 35 heavy (non-hydrogen) atoms. The molecular weight excluding hydrogens is 440 g/mol. The first-order chi connectivity index (χ1) is 16.8. The number of hydrogen-bond acceptors (Lipinski definition) is 6. The van der Waals surface area contributed by atoms with Crippen molar-refractivity contribution in [3.63, 3.8) is 0 Å². The molecule has 0 spiro atoms. The summed E-state index contributed by atoms with van der Waals surface area (Å²) < 4.78 is 4.07. The van der Waals surface area contributed by atoms with E-state index in [9.17, 15) is 4.79 Å². The second-order valence-corrected chi connectivity index (χ2v) is 8.81. The second kappa shape index (κ2) is 10.1. The summed E-state index contributed by atoms with van der Waals surface area (Å²) >= 11 is 0. The number of allylic oxidation sites excluding steroid dienone is 3. The van der Waals surface area contributed by atoms with Crippen LogP contribution in [0.5, 0.6) is 0 Å². The predicted octanol–water partition coefficient (Wildman–Crippen LogP) is 3.52. The molecule has 1 unspecified atom stereocenters. The lowest BCUT2D eigenvalue weighted by atomic mass is 10.0. The molecule has 1 atom stereocenters. The average Bonchev–Trinajstić information content (AvgIpc) is 3.40. The number of anilines is 1. The maximum atomic E-state index is 11.6. The molecular formula is C26H32N8O. The lowest BCUT2D eigenvalue weighted by Crippen LogP contribution is -2.26. The third-order valence-corrected chi connectivity index (χ3v) is 6.19. The van der Waals surface area contributed by atoms with E-state index in [1.165, 1.54) is 6.33 Å². The highest BCUT2D eigenvalue weighted by Gasteiger charge is 2.23. The van der Waals surface area contributed by atoms with Gasteiger partial charge in [-0.15, -0.1) is 0 Å². The minimum Gasteiger partial charge on any atom is -0.383 e. The van der Waals surface area contributed by atoms with Crippen LogP contribution in [0.2, 0.25) is 0 Å². The van der Waals surface area contributed by atoms with Gasteiger partial charge in [-0.3, -0.25) is 4.79 Å². The zero-order chi connectivity index (χ0) is 25.1. The van der Waals surface area contributed by atoms with Crippen LogP contribution in [-0.2, 0) is 4.79 Å². The van der Waals surface area contributed by atoms with Crippen LogP contribution in [0.25, 0.3) is 22.1 Å². The molecule has 4 rings (SSSR count). The summed E-state index contributed by atoms with van der Waals surface area (Å²) in [6, 6.07) is 8.16. The number of fused-ring (bicyclic) bond motifs is 2. The van der Waals surface area contributed by atoms with E-state index in [4.69, 9.17) is 10.8 Å². The molecule has 0 aliphatic carbocycles. The lowest BCUT2D eigenvalue weighted by Gasteiger charge is -2.17. The number of nitrogen functional groups attached to an aromatic ring is 1. The fourth-order valence-corrected chi connectivity index (χ4v) is 4.31. The molecule has 0 saturated carbocycles. The highest BCUT2D eigenvalue weighted by atomic mass is 16.1. The highest BCUT2D eigenvalue weighted by Crippen LogP contribution is 2.33. The number of hydrogen-bond donors (Lipinski definition) is 1. The van der Waals surface area contributed by atoms with E-state index in [0.717, 1.165) is 46.4 Å². The zero-order valence-corrected chi connectivity index (χ0v) is 20.9. The van der Waals surface area contributed by atoms with Crippen molar-refractivity contribution in [2.75, 3.05) is 32.9 Å². The maximum absolute atomic E-state index is 11.6. The van der Waals surface area contributed by atoms with Gasteiger partial charge in [0.05, 0.1) is 22.8 Å². The van der Waals surface area contributed by atoms with Crippen LogP contribution in [0.1, 0.15) is 36.8 Å². The van der Waals surface area contributed by atoms with E-state index in [-0.39, 0.29) is 6.04 Å². The molecule has 0 aliphatic rings. The van der Waals surface area contributed by atoms with Gasteiger partial charge in [-0.05, 0) is 64.7 Å². The Bertz CT molecular complexity index is 1410. The van der Waals surface area contributed by atoms with Crippen molar-refractivity contribution in [3.8, 4) is 0 Å². The van der Waals surface area contributed by atoms with E-state index in [1.54, 1.807) is 4.90 Å². The Balaban J connectivity index is 1.81.